The van der Waals surface area contributed by atoms with Crippen LogP contribution < -0.4 is 10.6 Å². The highest BCUT2D eigenvalue weighted by Crippen LogP contribution is 2.39. The monoisotopic (exact) mass is 384 g/mol. The van der Waals surface area contributed by atoms with Crippen molar-refractivity contribution < 1.29 is 14.4 Å². The molecule has 0 heterocycles. The van der Waals surface area contributed by atoms with Crippen LogP contribution >= 0.6 is 11.6 Å². The van der Waals surface area contributed by atoms with E-state index in [1.54, 1.807) is 24.3 Å². The van der Waals surface area contributed by atoms with Crippen LogP contribution in [-0.4, -0.2) is 24.1 Å². The van der Waals surface area contributed by atoms with Gasteiger partial charge in [0, 0.05) is 22.8 Å². The van der Waals surface area contributed by atoms with Crippen LogP contribution in [0.1, 0.15) is 29.3 Å². The van der Waals surface area contributed by atoms with E-state index < -0.39 is 0 Å². The number of nitrogens with one attached hydrogen (secondary N) is 2. The summed E-state index contributed by atoms with van der Waals surface area (Å²) < 4.78 is 0. The number of rotatable bonds is 7. The van der Waals surface area contributed by atoms with E-state index in [9.17, 15) is 14.4 Å². The van der Waals surface area contributed by atoms with Gasteiger partial charge in [-0.1, -0.05) is 23.7 Å². The SMILES string of the molecule is CC(=O)c1ccc(NC(=O)C2CC2C(=O)NCCc2ccc(Cl)cc2)cc1. The molecule has 0 saturated heterocycles. The van der Waals surface area contributed by atoms with Crippen LogP contribution in [0.15, 0.2) is 48.5 Å². The maximum atomic E-state index is 12.3. The number of ketones is 1. The van der Waals surface area contributed by atoms with Gasteiger partial charge >= 0.3 is 0 Å². The Bertz CT molecular complexity index is 847. The van der Waals surface area contributed by atoms with E-state index >= 15 is 0 Å². The molecule has 2 amide bonds. The molecule has 3 rings (SSSR count). The highest BCUT2D eigenvalue weighted by molar-refractivity contribution is 6.30. The molecule has 27 heavy (non-hydrogen) atoms. The maximum Gasteiger partial charge on any atom is 0.228 e. The molecule has 1 saturated carbocycles. The van der Waals surface area contributed by atoms with Crippen LogP contribution in [-0.2, 0) is 16.0 Å². The third-order valence-corrected chi connectivity index (χ3v) is 4.90. The first-order valence-corrected chi connectivity index (χ1v) is 9.26. The summed E-state index contributed by atoms with van der Waals surface area (Å²) in [5.41, 5.74) is 2.31. The highest BCUT2D eigenvalue weighted by atomic mass is 35.5. The van der Waals surface area contributed by atoms with E-state index in [2.05, 4.69) is 10.6 Å². The van der Waals surface area contributed by atoms with Crippen molar-refractivity contribution in [1.82, 2.24) is 5.32 Å². The number of carbonyl (C=O) groups excluding carboxylic acids is 3. The van der Waals surface area contributed by atoms with Crippen LogP contribution in [0.4, 0.5) is 5.69 Å². The molecule has 0 spiro atoms. The number of halogens is 1. The molecular weight excluding hydrogens is 364 g/mol. The first-order chi connectivity index (χ1) is 12.9. The number of hydrogen-bond acceptors (Lipinski definition) is 3. The fraction of sp³-hybridized carbons (Fsp3) is 0.286. The average Bonchev–Trinajstić information content (AvgIpc) is 3.45. The lowest BCUT2D eigenvalue weighted by atomic mass is 10.1. The third kappa shape index (κ3) is 5.17. The van der Waals surface area contributed by atoms with Crippen molar-refractivity contribution in [2.45, 2.75) is 19.8 Å². The molecule has 2 atom stereocenters. The van der Waals surface area contributed by atoms with Crippen LogP contribution in [0.2, 0.25) is 5.02 Å². The highest BCUT2D eigenvalue weighted by Gasteiger charge is 2.47. The summed E-state index contributed by atoms with van der Waals surface area (Å²) >= 11 is 5.85. The molecule has 2 N–H and O–H groups in total. The Morgan fingerprint density at radius 1 is 0.963 bits per heavy atom. The summed E-state index contributed by atoms with van der Waals surface area (Å²) in [6, 6.07) is 14.2. The summed E-state index contributed by atoms with van der Waals surface area (Å²) in [5.74, 6) is -0.843. The van der Waals surface area contributed by atoms with Crippen LogP contribution in [0, 0.1) is 11.8 Å². The third-order valence-electron chi connectivity index (χ3n) is 4.65. The summed E-state index contributed by atoms with van der Waals surface area (Å²) in [6.07, 6.45) is 1.28. The number of Topliss-reactive ketones (excluding diaryl/α,β-unsaturated/α-hetero) is 1. The Balaban J connectivity index is 1.42. The Hall–Kier alpha value is -2.66. The van der Waals surface area contributed by atoms with Crippen molar-refractivity contribution in [1.29, 1.82) is 0 Å². The van der Waals surface area contributed by atoms with Gasteiger partial charge in [-0.2, -0.15) is 0 Å². The molecular formula is C21H21ClN2O3. The Labute approximate surface area is 163 Å². The van der Waals surface area contributed by atoms with Crippen LogP contribution in [0.25, 0.3) is 0 Å². The second-order valence-electron chi connectivity index (χ2n) is 6.74. The smallest absolute Gasteiger partial charge is 0.228 e. The quantitative estimate of drug-likeness (QED) is 0.717. The molecule has 0 aromatic heterocycles. The normalized spacial score (nSPS) is 17.9. The van der Waals surface area contributed by atoms with Gasteiger partial charge in [0.1, 0.15) is 0 Å². The molecule has 2 unspecified atom stereocenters. The number of hydrogen-bond donors (Lipinski definition) is 2. The van der Waals surface area contributed by atoms with E-state index in [1.165, 1.54) is 6.92 Å². The van der Waals surface area contributed by atoms with Gasteiger partial charge in [0.2, 0.25) is 11.8 Å². The Kier molecular flexibility index (Phi) is 5.91. The number of anilines is 1. The minimum absolute atomic E-state index is 0.0228. The zero-order valence-electron chi connectivity index (χ0n) is 15.0. The lowest BCUT2D eigenvalue weighted by molar-refractivity contribution is -0.125. The van der Waals surface area contributed by atoms with E-state index in [0.29, 0.717) is 29.2 Å². The lowest BCUT2D eigenvalue weighted by Crippen LogP contribution is -2.29. The summed E-state index contributed by atoms with van der Waals surface area (Å²) in [5, 5.41) is 6.37. The summed E-state index contributed by atoms with van der Waals surface area (Å²) in [6.45, 7) is 2.02. The average molecular weight is 385 g/mol. The van der Waals surface area contributed by atoms with E-state index in [4.69, 9.17) is 11.6 Å². The molecule has 1 aliphatic rings. The first-order valence-electron chi connectivity index (χ1n) is 8.88. The van der Waals surface area contributed by atoms with Crippen molar-refractivity contribution >= 4 is 34.9 Å². The molecule has 5 nitrogen and oxygen atoms in total. The predicted octanol–water partition coefficient (Wildman–Crippen LogP) is 3.48. The zero-order valence-corrected chi connectivity index (χ0v) is 15.8. The van der Waals surface area contributed by atoms with Gasteiger partial charge in [0.05, 0.1) is 11.8 Å². The molecule has 0 bridgehead atoms. The van der Waals surface area contributed by atoms with E-state index in [0.717, 1.165) is 12.0 Å². The van der Waals surface area contributed by atoms with Gasteiger partial charge in [-0.3, -0.25) is 14.4 Å². The second kappa shape index (κ2) is 8.35. The molecule has 1 fully saturated rings. The number of carbonyl (C=O) groups is 3. The number of benzene rings is 2. The molecule has 6 heteroatoms. The van der Waals surface area contributed by atoms with Crippen molar-refractivity contribution in [2.24, 2.45) is 11.8 Å². The van der Waals surface area contributed by atoms with Crippen molar-refractivity contribution in [3.05, 3.63) is 64.7 Å². The van der Waals surface area contributed by atoms with E-state index in [-0.39, 0.29) is 29.4 Å². The standard InChI is InChI=1S/C21H21ClN2O3/c1-13(25)15-4-8-17(9-5-15)24-21(27)19-12-18(19)20(26)23-11-10-14-2-6-16(22)7-3-14/h2-9,18-19H,10-12H2,1H3,(H,23,26)(H,24,27). The molecule has 0 aliphatic heterocycles. The minimum Gasteiger partial charge on any atom is -0.356 e. The zero-order chi connectivity index (χ0) is 19.4. The molecule has 2 aromatic carbocycles. The minimum atomic E-state index is -0.298. The van der Waals surface area contributed by atoms with Crippen molar-refractivity contribution in [3.63, 3.8) is 0 Å². The fourth-order valence-electron chi connectivity index (χ4n) is 2.91. The van der Waals surface area contributed by atoms with Crippen LogP contribution in [0.5, 0.6) is 0 Å². The molecule has 0 radical (unpaired) electrons. The molecule has 140 valence electrons. The van der Waals surface area contributed by atoms with Gasteiger partial charge in [0.15, 0.2) is 5.78 Å². The van der Waals surface area contributed by atoms with Gasteiger partial charge in [-0.15, -0.1) is 0 Å². The molecule has 2 aromatic rings. The Morgan fingerprint density at radius 2 is 1.59 bits per heavy atom. The predicted molar refractivity (Wildman–Crippen MR) is 105 cm³/mol. The van der Waals surface area contributed by atoms with Crippen molar-refractivity contribution in [3.8, 4) is 0 Å². The lowest BCUT2D eigenvalue weighted by Gasteiger charge is -2.07. The number of amides is 2. The Morgan fingerprint density at radius 3 is 2.22 bits per heavy atom. The summed E-state index contributed by atoms with van der Waals surface area (Å²) in [7, 11) is 0. The molecule has 1 aliphatic carbocycles. The van der Waals surface area contributed by atoms with Crippen molar-refractivity contribution in [2.75, 3.05) is 11.9 Å². The van der Waals surface area contributed by atoms with Gasteiger partial charge in [0.25, 0.3) is 0 Å². The fourth-order valence-corrected chi connectivity index (χ4v) is 3.04. The maximum absolute atomic E-state index is 12.3. The van der Waals surface area contributed by atoms with Gasteiger partial charge in [-0.25, -0.2) is 0 Å². The van der Waals surface area contributed by atoms with Gasteiger partial charge in [-0.05, 0) is 61.7 Å². The summed E-state index contributed by atoms with van der Waals surface area (Å²) in [4.78, 5) is 35.7. The van der Waals surface area contributed by atoms with Gasteiger partial charge < -0.3 is 10.6 Å². The van der Waals surface area contributed by atoms with Crippen LogP contribution in [0.3, 0.4) is 0 Å². The van der Waals surface area contributed by atoms with E-state index in [1.807, 2.05) is 24.3 Å². The first kappa shape index (κ1) is 19.1. The topological polar surface area (TPSA) is 75.3 Å². The largest absolute Gasteiger partial charge is 0.356 e. The second-order valence-corrected chi connectivity index (χ2v) is 7.18.